The number of hydrogen-bond acceptors (Lipinski definition) is 4. The van der Waals surface area contributed by atoms with Crippen LogP contribution in [-0.2, 0) is 14.5 Å². The maximum absolute atomic E-state index is 10.6. The van der Waals surface area contributed by atoms with Gasteiger partial charge in [-0.05, 0) is 12.8 Å². The monoisotopic (exact) mass is 272 g/mol. The van der Waals surface area contributed by atoms with Gasteiger partial charge in [-0.3, -0.25) is 4.79 Å². The van der Waals surface area contributed by atoms with Gasteiger partial charge in [-0.2, -0.15) is 5.26 Å². The second-order valence-electron chi connectivity index (χ2n) is 4.19. The number of carboxylic acids is 1. The van der Waals surface area contributed by atoms with Crippen molar-refractivity contribution in [2.24, 2.45) is 0 Å². The van der Waals surface area contributed by atoms with Crippen LogP contribution in [0.25, 0.3) is 0 Å². The molecule has 0 atom stereocenters. The SMILES string of the molecule is O=C(O)CCCCCCCCCCC(=O)OO.[MgH2]. The minimum absolute atomic E-state index is 0. The third-order valence-electron chi connectivity index (χ3n) is 2.62. The molecule has 6 heteroatoms. The van der Waals surface area contributed by atoms with Gasteiger partial charge in [-0.1, -0.05) is 38.5 Å². The molecule has 0 saturated carbocycles. The van der Waals surface area contributed by atoms with E-state index in [9.17, 15) is 9.59 Å². The van der Waals surface area contributed by atoms with Gasteiger partial charge in [0.2, 0.25) is 0 Å². The Kier molecular flexibility index (Phi) is 16.4. The molecular weight excluding hydrogens is 248 g/mol. The number of carbonyl (C=O) groups excluding carboxylic acids is 1. The molecule has 0 aliphatic rings. The zero-order valence-corrected chi connectivity index (χ0v) is 10.2. The Morgan fingerprint density at radius 1 is 0.778 bits per heavy atom. The van der Waals surface area contributed by atoms with Crippen molar-refractivity contribution >= 4 is 35.0 Å². The molecule has 18 heavy (non-hydrogen) atoms. The number of carbonyl (C=O) groups is 2. The maximum atomic E-state index is 10.6. The Labute approximate surface area is 124 Å². The van der Waals surface area contributed by atoms with Crippen molar-refractivity contribution in [2.45, 2.75) is 64.2 Å². The molecule has 0 aliphatic heterocycles. The molecule has 0 aromatic heterocycles. The normalized spacial score (nSPS) is 9.61. The molecular formula is C12H24MgO5. The first-order chi connectivity index (χ1) is 8.16. The highest BCUT2D eigenvalue weighted by molar-refractivity contribution is 5.75. The van der Waals surface area contributed by atoms with E-state index in [2.05, 4.69) is 4.89 Å². The summed E-state index contributed by atoms with van der Waals surface area (Å²) in [4.78, 5) is 24.3. The van der Waals surface area contributed by atoms with E-state index < -0.39 is 11.9 Å². The summed E-state index contributed by atoms with van der Waals surface area (Å²) in [6.07, 6.45) is 8.36. The Bertz CT molecular complexity index is 221. The summed E-state index contributed by atoms with van der Waals surface area (Å²) in [5.41, 5.74) is 0. The van der Waals surface area contributed by atoms with Crippen LogP contribution in [0.4, 0.5) is 0 Å². The van der Waals surface area contributed by atoms with E-state index in [1.54, 1.807) is 0 Å². The minimum atomic E-state index is -0.722. The van der Waals surface area contributed by atoms with Gasteiger partial charge in [-0.25, -0.2) is 4.79 Å². The lowest BCUT2D eigenvalue weighted by Gasteiger charge is -2.01. The van der Waals surface area contributed by atoms with Crippen LogP contribution in [0.15, 0.2) is 0 Å². The molecule has 0 radical (unpaired) electrons. The lowest BCUT2D eigenvalue weighted by Crippen LogP contribution is -1.99. The molecule has 0 fully saturated rings. The quantitative estimate of drug-likeness (QED) is 0.260. The first kappa shape index (κ1) is 20.0. The number of unbranched alkanes of at least 4 members (excludes halogenated alkanes) is 7. The fourth-order valence-corrected chi connectivity index (χ4v) is 1.65. The summed E-state index contributed by atoms with van der Waals surface area (Å²) in [5, 5.41) is 16.4. The number of rotatable bonds is 11. The van der Waals surface area contributed by atoms with Crippen LogP contribution < -0.4 is 0 Å². The maximum Gasteiger partial charge on any atom is 0.342 e. The lowest BCUT2D eigenvalue weighted by atomic mass is 10.1. The van der Waals surface area contributed by atoms with Gasteiger partial charge in [0.25, 0.3) is 0 Å². The van der Waals surface area contributed by atoms with Crippen LogP contribution in [0.2, 0.25) is 0 Å². The molecule has 0 unspecified atom stereocenters. The molecule has 2 N–H and O–H groups in total. The minimum Gasteiger partial charge on any atom is -0.481 e. The van der Waals surface area contributed by atoms with Crippen molar-refractivity contribution in [3.63, 3.8) is 0 Å². The van der Waals surface area contributed by atoms with Gasteiger partial charge in [0.05, 0.1) is 0 Å². The smallest absolute Gasteiger partial charge is 0.342 e. The molecule has 0 aromatic rings. The van der Waals surface area contributed by atoms with E-state index in [-0.39, 0.29) is 35.9 Å². The average Bonchev–Trinajstić information content (AvgIpc) is 2.30. The van der Waals surface area contributed by atoms with E-state index in [0.29, 0.717) is 0 Å². The zero-order chi connectivity index (χ0) is 12.9. The van der Waals surface area contributed by atoms with Gasteiger partial charge >= 0.3 is 35.0 Å². The third kappa shape index (κ3) is 15.7. The number of carboxylic acid groups (broad SMARTS) is 1. The predicted octanol–water partition coefficient (Wildman–Crippen LogP) is 2.07. The van der Waals surface area contributed by atoms with Gasteiger partial charge in [0.1, 0.15) is 0 Å². The highest BCUT2D eigenvalue weighted by Crippen LogP contribution is 2.10. The van der Waals surface area contributed by atoms with Crippen LogP contribution in [0.5, 0.6) is 0 Å². The van der Waals surface area contributed by atoms with Gasteiger partial charge in [0, 0.05) is 12.8 Å². The third-order valence-corrected chi connectivity index (χ3v) is 2.62. The largest absolute Gasteiger partial charge is 0.481 e. The predicted molar refractivity (Wildman–Crippen MR) is 71.1 cm³/mol. The van der Waals surface area contributed by atoms with Crippen molar-refractivity contribution in [1.29, 1.82) is 0 Å². The van der Waals surface area contributed by atoms with Gasteiger partial charge in [0.15, 0.2) is 0 Å². The van der Waals surface area contributed by atoms with E-state index >= 15 is 0 Å². The van der Waals surface area contributed by atoms with Crippen molar-refractivity contribution < 1.29 is 24.8 Å². The van der Waals surface area contributed by atoms with Crippen molar-refractivity contribution in [2.75, 3.05) is 0 Å². The van der Waals surface area contributed by atoms with E-state index in [0.717, 1.165) is 51.4 Å². The first-order valence-corrected chi connectivity index (χ1v) is 6.23. The molecule has 0 aromatic carbocycles. The van der Waals surface area contributed by atoms with E-state index in [1.807, 2.05) is 0 Å². The Balaban J connectivity index is 0. The Morgan fingerprint density at radius 3 is 1.56 bits per heavy atom. The topological polar surface area (TPSA) is 83.8 Å². The summed E-state index contributed by atoms with van der Waals surface area (Å²) in [5.74, 6) is -1.29. The molecule has 0 rings (SSSR count). The van der Waals surface area contributed by atoms with Crippen LogP contribution in [-0.4, -0.2) is 45.4 Å². The molecule has 0 amide bonds. The molecule has 0 saturated heterocycles. The summed E-state index contributed by atoms with van der Waals surface area (Å²) in [6.45, 7) is 0. The first-order valence-electron chi connectivity index (χ1n) is 6.23. The van der Waals surface area contributed by atoms with Crippen molar-refractivity contribution in [3.8, 4) is 0 Å². The van der Waals surface area contributed by atoms with Crippen molar-refractivity contribution in [3.05, 3.63) is 0 Å². The highest BCUT2D eigenvalue weighted by atomic mass is 24.3. The zero-order valence-electron chi connectivity index (χ0n) is 10.2. The fraction of sp³-hybridized carbons (Fsp3) is 0.833. The molecule has 0 spiro atoms. The molecule has 0 bridgehead atoms. The Morgan fingerprint density at radius 2 is 1.17 bits per heavy atom. The summed E-state index contributed by atoms with van der Waals surface area (Å²) in [7, 11) is 0. The van der Waals surface area contributed by atoms with Crippen LogP contribution in [0.3, 0.4) is 0 Å². The van der Waals surface area contributed by atoms with Gasteiger partial charge < -0.3 is 9.99 Å². The highest BCUT2D eigenvalue weighted by Gasteiger charge is 2.01. The standard InChI is InChI=1S/C12H22O5.Mg.2H/c13-11(14)9-7-5-3-1-2-4-6-8-10-12(15)17-16;;;/h16H,1-10H2,(H,13,14);;;. The van der Waals surface area contributed by atoms with Crippen LogP contribution in [0.1, 0.15) is 64.2 Å². The number of aliphatic carboxylic acids is 1. The second kappa shape index (κ2) is 14.7. The van der Waals surface area contributed by atoms with Crippen LogP contribution in [0, 0.1) is 0 Å². The lowest BCUT2D eigenvalue weighted by molar-refractivity contribution is -0.234. The van der Waals surface area contributed by atoms with Gasteiger partial charge in [-0.15, -0.1) is 0 Å². The molecule has 104 valence electrons. The van der Waals surface area contributed by atoms with E-state index in [1.165, 1.54) is 0 Å². The second-order valence-corrected chi connectivity index (χ2v) is 4.19. The summed E-state index contributed by atoms with van der Waals surface area (Å²) in [6, 6.07) is 0. The molecule has 0 heterocycles. The summed E-state index contributed by atoms with van der Waals surface area (Å²) >= 11 is 0. The Hall–Kier alpha value is -0.334. The molecule has 0 aliphatic carbocycles. The number of hydrogen-bond donors (Lipinski definition) is 2. The van der Waals surface area contributed by atoms with E-state index in [4.69, 9.17) is 10.4 Å². The fourth-order valence-electron chi connectivity index (χ4n) is 1.65. The summed E-state index contributed by atoms with van der Waals surface area (Å²) < 4.78 is 0. The molecule has 5 nitrogen and oxygen atoms in total. The van der Waals surface area contributed by atoms with Crippen LogP contribution >= 0.6 is 0 Å². The average molecular weight is 273 g/mol. The van der Waals surface area contributed by atoms with Crippen molar-refractivity contribution in [1.82, 2.24) is 0 Å².